The first kappa shape index (κ1) is 83.0. The topological polar surface area (TPSA) is 277 Å². The number of carbonyl (C=O) groups is 4. The van der Waals surface area contributed by atoms with E-state index < -0.39 is 116 Å². The smallest absolute Gasteiger partial charge is 0.322 e. The zero-order chi connectivity index (χ0) is 82.8. The van der Waals surface area contributed by atoms with E-state index in [1.807, 2.05) is 98.9 Å². The summed E-state index contributed by atoms with van der Waals surface area (Å²) in [6, 6.07) is 34.3. The number of pyridine rings is 4. The van der Waals surface area contributed by atoms with Crippen LogP contribution in [0.15, 0.2) is 202 Å². The Kier molecular flexibility index (Phi) is 26.0. The van der Waals surface area contributed by atoms with Crippen LogP contribution in [0.1, 0.15) is 117 Å². The van der Waals surface area contributed by atoms with E-state index in [1.54, 1.807) is 54.9 Å². The summed E-state index contributed by atoms with van der Waals surface area (Å²) in [5.74, 6) is -11.1. The summed E-state index contributed by atoms with van der Waals surface area (Å²) in [6.07, 6.45) is 7.43. The Morgan fingerprint density at radius 3 is 1.15 bits per heavy atom. The Morgan fingerprint density at radius 2 is 0.728 bits per heavy atom. The number of amides is 8. The second kappa shape index (κ2) is 35.7. The molecule has 9 N–H and O–H groups in total. The maximum atomic E-state index is 14.1. The number of fused-ring (bicyclic) bond motifs is 5. The molecule has 0 aliphatic heterocycles. The molecular formula is C83H77F10N13O8. The van der Waals surface area contributed by atoms with Crippen molar-refractivity contribution in [3.8, 4) is 0 Å². The van der Waals surface area contributed by atoms with Crippen LogP contribution in [0.25, 0.3) is 54.0 Å². The highest BCUT2D eigenvalue weighted by Crippen LogP contribution is 2.33. The number of hydrogen-bond donors (Lipinski definition) is 9. The molecule has 4 unspecified atom stereocenters. The molecule has 6 atom stereocenters. The normalized spacial score (nSPS) is 12.7. The van der Waals surface area contributed by atoms with Gasteiger partial charge in [-0.05, 0) is 168 Å². The number of halogens is 10. The van der Waals surface area contributed by atoms with Crippen LogP contribution in [0.5, 0.6) is 0 Å². The molecule has 13 rings (SSSR count). The van der Waals surface area contributed by atoms with Crippen molar-refractivity contribution in [2.75, 3.05) is 33.5 Å². The first-order valence-corrected chi connectivity index (χ1v) is 35.4. The second-order valence-corrected chi connectivity index (χ2v) is 26.9. The zero-order valence-corrected chi connectivity index (χ0v) is 62.8. The fourth-order valence-corrected chi connectivity index (χ4v) is 12.6. The fourth-order valence-electron chi connectivity index (χ4n) is 12.6. The van der Waals surface area contributed by atoms with Crippen LogP contribution in [0, 0.1) is 58.2 Å². The van der Waals surface area contributed by atoms with Gasteiger partial charge in [-0.2, -0.15) is 0 Å². The van der Waals surface area contributed by atoms with Gasteiger partial charge in [0.1, 0.15) is 0 Å². The van der Waals surface area contributed by atoms with Crippen LogP contribution < -0.4 is 43.5 Å². The second-order valence-electron chi connectivity index (χ2n) is 26.9. The lowest BCUT2D eigenvalue weighted by molar-refractivity contribution is 0.190. The fraction of sp³-hybridized carbons (Fsp3) is 0.205. The monoisotopic (exact) mass is 1570 g/mol. The van der Waals surface area contributed by atoms with Gasteiger partial charge in [0.2, 0.25) is 0 Å². The lowest BCUT2D eigenvalue weighted by Crippen LogP contribution is -2.40. The van der Waals surface area contributed by atoms with Crippen molar-refractivity contribution in [1.82, 2.24) is 60.5 Å². The summed E-state index contributed by atoms with van der Waals surface area (Å²) in [5.41, 5.74) is 2.99. The number of nitrogens with zero attached hydrogens (tertiary/aromatic N) is 4. The van der Waals surface area contributed by atoms with Gasteiger partial charge in [0.25, 0.3) is 22.2 Å². The molecule has 0 aliphatic carbocycles. The molecular weight excluding hydrogens is 1500 g/mol. The van der Waals surface area contributed by atoms with Gasteiger partial charge in [-0.25, -0.2) is 63.1 Å². The molecule has 0 saturated carbocycles. The molecule has 0 bridgehead atoms. The largest absolute Gasteiger partial charge is 0.361 e. The highest BCUT2D eigenvalue weighted by Gasteiger charge is 2.28. The van der Waals surface area contributed by atoms with Crippen LogP contribution in [0.4, 0.5) is 68.8 Å². The molecule has 114 heavy (non-hydrogen) atoms. The molecule has 0 aliphatic rings. The van der Waals surface area contributed by atoms with Crippen molar-refractivity contribution in [2.24, 2.45) is 0 Å². The first-order chi connectivity index (χ1) is 54.2. The minimum Gasteiger partial charge on any atom is -0.361 e. The van der Waals surface area contributed by atoms with E-state index in [9.17, 15) is 82.3 Å². The van der Waals surface area contributed by atoms with Gasteiger partial charge >= 0.3 is 24.1 Å². The number of aromatic amines is 5. The third-order valence-electron chi connectivity index (χ3n) is 19.9. The van der Waals surface area contributed by atoms with Gasteiger partial charge in [0, 0.05) is 76.9 Å². The summed E-state index contributed by atoms with van der Waals surface area (Å²) in [6.45, 7) is 10.6. The number of H-pyrrole nitrogens is 5. The van der Waals surface area contributed by atoms with Crippen molar-refractivity contribution >= 4 is 83.8 Å². The van der Waals surface area contributed by atoms with Gasteiger partial charge < -0.3 is 65.8 Å². The third-order valence-corrected chi connectivity index (χ3v) is 19.9. The lowest BCUT2D eigenvalue weighted by Gasteiger charge is -2.28. The van der Waals surface area contributed by atoms with Gasteiger partial charge in [0.05, 0.1) is 57.8 Å². The Labute approximate surface area is 643 Å². The molecule has 8 aromatic carbocycles. The standard InChI is InChI=1S/C21H18F2N4O2.2C21H21F2N3O2.C20H17F4N3O2/c1-11(16-10-25-20(28)15-9-18(23)17(22)8-14(15)16)27(2)21(29)26-13-4-3-12-5-6-24-19(12)7-13;2*1-12(14-7-5-4-6-8-14)25-21(28)26(3)13(2)16-11-24-20(27)18-15(16)9-10-17(22)19(18)23;1-10(13-9-25-19(28)17-12(13)4-6-15(22)18(17)24)27(2)20(29)26-8-11-3-5-14(21)16(23)7-11/h3-11,24H,1-2H3,(H,25,28)(H,26,29);2*4-13H,1-3H3,(H,24,27)(H,25,28);3-7,9-10H,8H2,1-2H3,(H,25,28)(H,26,29)/t;2*12-,13?;/m.10./s1. The van der Waals surface area contributed by atoms with Gasteiger partial charge in [0.15, 0.2) is 58.2 Å². The Morgan fingerprint density at radius 1 is 0.360 bits per heavy atom. The van der Waals surface area contributed by atoms with Crippen LogP contribution in [0.3, 0.4) is 0 Å². The molecule has 5 heterocycles. The van der Waals surface area contributed by atoms with Crippen molar-refractivity contribution in [3.05, 3.63) is 321 Å². The van der Waals surface area contributed by atoms with Gasteiger partial charge in [-0.3, -0.25) is 19.2 Å². The molecule has 0 spiro atoms. The molecule has 0 radical (unpaired) electrons. The van der Waals surface area contributed by atoms with Crippen molar-refractivity contribution in [2.45, 2.75) is 84.3 Å². The Bertz CT molecular complexity index is 5860. The molecule has 21 nitrogen and oxygen atoms in total. The average Bonchev–Trinajstić information content (AvgIpc) is 0.815. The van der Waals surface area contributed by atoms with E-state index in [4.69, 9.17) is 0 Å². The summed E-state index contributed by atoms with van der Waals surface area (Å²) in [5, 5.41) is 12.1. The van der Waals surface area contributed by atoms with Gasteiger partial charge in [-0.1, -0.05) is 91.0 Å². The molecule has 0 fully saturated rings. The summed E-state index contributed by atoms with van der Waals surface area (Å²) < 4.78 is 137. The van der Waals surface area contributed by atoms with E-state index in [1.165, 1.54) is 75.7 Å². The maximum Gasteiger partial charge on any atom is 0.322 e. The van der Waals surface area contributed by atoms with Crippen LogP contribution >= 0.6 is 0 Å². The van der Waals surface area contributed by atoms with Crippen LogP contribution in [-0.2, 0) is 6.54 Å². The molecule has 31 heteroatoms. The Hall–Kier alpha value is -13.5. The summed E-state index contributed by atoms with van der Waals surface area (Å²) in [4.78, 5) is 117. The minimum atomic E-state index is -1.26. The Balaban J connectivity index is 0.000000161. The van der Waals surface area contributed by atoms with Crippen LogP contribution in [0.2, 0.25) is 0 Å². The summed E-state index contributed by atoms with van der Waals surface area (Å²) in [7, 11) is 6.27. The SMILES string of the molecule is CC(c1c[nH]c(=O)c2c(F)c(F)ccc12)N(C)C(=O)NCc1ccc(F)c(F)c1.CC(c1c[nH]c(=O)c2c(F)c(F)ccc12)N(C)C(=O)N[C@@H](C)c1ccccc1.CC(c1c[nH]c(=O)c2c(F)c(F)ccc12)N(C)C(=O)N[C@H](C)c1ccccc1.CC(c1c[nH]c(=O)c2cc(F)c(F)cc12)N(C)C(=O)Nc1ccc2cc[nH]c2c1. The third kappa shape index (κ3) is 18.3. The predicted octanol–water partition coefficient (Wildman–Crippen LogP) is 17.0. The molecule has 592 valence electrons. The van der Waals surface area contributed by atoms with E-state index in [0.717, 1.165) is 64.5 Å². The number of anilines is 1. The van der Waals surface area contributed by atoms with Crippen molar-refractivity contribution in [1.29, 1.82) is 0 Å². The molecule has 13 aromatic rings. The molecule has 0 saturated heterocycles. The average molecular weight is 1570 g/mol. The van der Waals surface area contributed by atoms with Gasteiger partial charge in [-0.15, -0.1) is 0 Å². The number of carbonyl (C=O) groups excluding carboxylic acids is 4. The number of urea groups is 4. The first-order valence-electron chi connectivity index (χ1n) is 35.4. The van der Waals surface area contributed by atoms with Crippen LogP contribution in [-0.4, -0.2) is 96.8 Å². The minimum absolute atomic E-state index is 0.0271. The van der Waals surface area contributed by atoms with E-state index in [-0.39, 0.29) is 74.4 Å². The number of nitrogens with one attached hydrogen (secondary N) is 9. The van der Waals surface area contributed by atoms with E-state index in [2.05, 4.69) is 46.2 Å². The number of hydrogen-bond acceptors (Lipinski definition) is 8. The highest BCUT2D eigenvalue weighted by molar-refractivity contribution is 5.94. The molecule has 5 aromatic heterocycles. The predicted molar refractivity (Wildman–Crippen MR) is 415 cm³/mol. The van der Waals surface area contributed by atoms with Crippen molar-refractivity contribution < 1.29 is 63.1 Å². The zero-order valence-electron chi connectivity index (χ0n) is 62.8. The molecule has 8 amide bonds. The lowest BCUT2D eigenvalue weighted by atomic mass is 10.0. The number of benzene rings is 8. The number of rotatable bonds is 15. The van der Waals surface area contributed by atoms with E-state index in [0.29, 0.717) is 33.5 Å². The highest BCUT2D eigenvalue weighted by atomic mass is 19.2. The van der Waals surface area contributed by atoms with Crippen molar-refractivity contribution in [3.63, 3.8) is 0 Å². The number of aromatic nitrogens is 5. The quantitative estimate of drug-likeness (QED) is 0.0444. The maximum absolute atomic E-state index is 14.1. The van der Waals surface area contributed by atoms with E-state index >= 15 is 0 Å². The summed E-state index contributed by atoms with van der Waals surface area (Å²) >= 11 is 0.